The molecule has 0 amide bonds. The monoisotopic (exact) mass is 232 g/mol. The largest absolute Gasteiger partial charge is 0.506 e. The Labute approximate surface area is 92.1 Å². The molecule has 6 heteroatoms. The van der Waals surface area contributed by atoms with Gasteiger partial charge in [-0.1, -0.05) is 11.6 Å². The molecule has 0 spiro atoms. The molecular formula is C9H13ClN2O3. The lowest BCUT2D eigenvalue weighted by atomic mass is 10.1. The second kappa shape index (κ2) is 5.27. The third-order valence-electron chi connectivity index (χ3n) is 1.98. The molecule has 2 unspecified atom stereocenters. The van der Waals surface area contributed by atoms with E-state index >= 15 is 0 Å². The molecule has 0 saturated carbocycles. The summed E-state index contributed by atoms with van der Waals surface area (Å²) >= 11 is 5.60. The average molecular weight is 233 g/mol. The van der Waals surface area contributed by atoms with E-state index in [4.69, 9.17) is 17.3 Å². The van der Waals surface area contributed by atoms with Gasteiger partial charge in [0.05, 0.1) is 6.10 Å². The number of rotatable bonds is 4. The lowest BCUT2D eigenvalue weighted by Crippen LogP contribution is -2.22. The maximum absolute atomic E-state index is 9.64. The van der Waals surface area contributed by atoms with Crippen LogP contribution in [0.5, 0.6) is 5.75 Å². The van der Waals surface area contributed by atoms with Gasteiger partial charge in [-0.2, -0.15) is 0 Å². The number of aliphatic hydroxyl groups excluding tert-OH is 2. The van der Waals surface area contributed by atoms with Gasteiger partial charge in [0.15, 0.2) is 0 Å². The Hall–Kier alpha value is -0.880. The molecule has 0 bridgehead atoms. The number of aromatic nitrogens is 1. The molecule has 1 heterocycles. The Bertz CT molecular complexity index is 335. The molecule has 0 saturated heterocycles. The highest BCUT2D eigenvalue weighted by Gasteiger charge is 2.22. The summed E-state index contributed by atoms with van der Waals surface area (Å²) in [5, 5.41) is 28.6. The molecule has 0 aliphatic rings. The molecule has 1 aromatic heterocycles. The summed E-state index contributed by atoms with van der Waals surface area (Å²) in [5.74, 6) is -0.206. The van der Waals surface area contributed by atoms with E-state index in [9.17, 15) is 15.3 Å². The molecule has 15 heavy (non-hydrogen) atoms. The maximum Gasteiger partial charge on any atom is 0.140 e. The zero-order valence-corrected chi connectivity index (χ0v) is 8.72. The van der Waals surface area contributed by atoms with Crippen molar-refractivity contribution in [3.8, 4) is 5.75 Å². The van der Waals surface area contributed by atoms with Crippen LogP contribution in [0.3, 0.4) is 0 Å². The number of hydrogen-bond acceptors (Lipinski definition) is 5. The van der Waals surface area contributed by atoms with Gasteiger partial charge in [-0.25, -0.2) is 4.98 Å². The molecule has 0 aliphatic carbocycles. The molecule has 5 nitrogen and oxygen atoms in total. The van der Waals surface area contributed by atoms with Crippen molar-refractivity contribution in [3.05, 3.63) is 23.0 Å². The van der Waals surface area contributed by atoms with Gasteiger partial charge in [0.1, 0.15) is 22.7 Å². The fraction of sp³-hybridized carbons (Fsp3) is 0.444. The third-order valence-corrected chi connectivity index (χ3v) is 2.19. The number of pyridine rings is 1. The summed E-state index contributed by atoms with van der Waals surface area (Å²) in [7, 11) is 0. The standard InChI is InChI=1S/C9H13ClN2O3/c10-7-2-1-5(13)8(12-7)9(15)6(14)3-4-11/h1-2,6,9,13-15H,3-4,11H2. The zero-order chi connectivity index (χ0) is 11.4. The number of aromatic hydroxyl groups is 1. The average Bonchev–Trinajstić information content (AvgIpc) is 2.21. The molecule has 2 atom stereocenters. The van der Waals surface area contributed by atoms with E-state index in [1.165, 1.54) is 12.1 Å². The third kappa shape index (κ3) is 3.04. The van der Waals surface area contributed by atoms with Gasteiger partial charge >= 0.3 is 0 Å². The van der Waals surface area contributed by atoms with Crippen LogP contribution >= 0.6 is 11.6 Å². The van der Waals surface area contributed by atoms with Gasteiger partial charge in [-0.3, -0.25) is 0 Å². The topological polar surface area (TPSA) is 99.6 Å². The van der Waals surface area contributed by atoms with Crippen LogP contribution in [0.25, 0.3) is 0 Å². The first kappa shape index (κ1) is 12.2. The maximum atomic E-state index is 9.64. The van der Waals surface area contributed by atoms with E-state index in [-0.39, 0.29) is 29.6 Å². The van der Waals surface area contributed by atoms with E-state index < -0.39 is 12.2 Å². The van der Waals surface area contributed by atoms with Crippen LogP contribution in [0.2, 0.25) is 5.15 Å². The van der Waals surface area contributed by atoms with Gasteiger partial charge in [-0.05, 0) is 25.1 Å². The second-order valence-corrected chi connectivity index (χ2v) is 3.52. The quantitative estimate of drug-likeness (QED) is 0.555. The Morgan fingerprint density at radius 3 is 2.67 bits per heavy atom. The van der Waals surface area contributed by atoms with E-state index in [1.54, 1.807) is 0 Å². The van der Waals surface area contributed by atoms with E-state index in [0.717, 1.165) is 0 Å². The van der Waals surface area contributed by atoms with E-state index in [0.29, 0.717) is 0 Å². The first-order chi connectivity index (χ1) is 7.06. The zero-order valence-electron chi connectivity index (χ0n) is 7.97. The van der Waals surface area contributed by atoms with Gasteiger partial charge in [0.25, 0.3) is 0 Å². The first-order valence-electron chi connectivity index (χ1n) is 4.48. The molecule has 0 aromatic carbocycles. The van der Waals surface area contributed by atoms with Crippen molar-refractivity contribution in [1.82, 2.24) is 4.98 Å². The minimum Gasteiger partial charge on any atom is -0.506 e. The van der Waals surface area contributed by atoms with Crippen molar-refractivity contribution >= 4 is 11.6 Å². The Morgan fingerprint density at radius 1 is 1.40 bits per heavy atom. The molecule has 0 fully saturated rings. The van der Waals surface area contributed by atoms with Crippen LogP contribution < -0.4 is 5.73 Å². The molecule has 1 rings (SSSR count). The van der Waals surface area contributed by atoms with Gasteiger partial charge in [-0.15, -0.1) is 0 Å². The summed E-state index contributed by atoms with van der Waals surface area (Å²) in [6, 6.07) is 2.70. The van der Waals surface area contributed by atoms with E-state index in [2.05, 4.69) is 4.98 Å². The van der Waals surface area contributed by atoms with Crippen molar-refractivity contribution in [2.75, 3.05) is 6.54 Å². The predicted molar refractivity (Wildman–Crippen MR) is 55.5 cm³/mol. The predicted octanol–water partition coefficient (Wildman–Crippen LogP) is 0.184. The highest BCUT2D eigenvalue weighted by atomic mass is 35.5. The SMILES string of the molecule is NCCC(O)C(O)c1nc(Cl)ccc1O. The van der Waals surface area contributed by atoms with Crippen LogP contribution in [-0.4, -0.2) is 33.0 Å². The first-order valence-corrected chi connectivity index (χ1v) is 4.85. The van der Waals surface area contributed by atoms with E-state index in [1.807, 2.05) is 0 Å². The van der Waals surface area contributed by atoms with Crippen molar-refractivity contribution in [2.45, 2.75) is 18.6 Å². The summed E-state index contributed by atoms with van der Waals surface area (Å²) in [6.45, 7) is 0.236. The highest BCUT2D eigenvalue weighted by Crippen LogP contribution is 2.26. The Kier molecular flexibility index (Phi) is 4.28. The molecule has 5 N–H and O–H groups in total. The van der Waals surface area contributed by atoms with Crippen LogP contribution in [0.15, 0.2) is 12.1 Å². The minimum atomic E-state index is -1.28. The van der Waals surface area contributed by atoms with Crippen molar-refractivity contribution < 1.29 is 15.3 Å². The smallest absolute Gasteiger partial charge is 0.140 e. The van der Waals surface area contributed by atoms with Crippen molar-refractivity contribution in [2.24, 2.45) is 5.73 Å². The second-order valence-electron chi connectivity index (χ2n) is 3.13. The molecule has 1 aromatic rings. The lowest BCUT2D eigenvalue weighted by Gasteiger charge is -2.17. The van der Waals surface area contributed by atoms with Crippen LogP contribution in [0.4, 0.5) is 0 Å². The van der Waals surface area contributed by atoms with Crippen LogP contribution in [-0.2, 0) is 0 Å². The number of hydrogen-bond donors (Lipinski definition) is 4. The van der Waals surface area contributed by atoms with Gasteiger partial charge < -0.3 is 21.1 Å². The molecular weight excluding hydrogens is 220 g/mol. The van der Waals surface area contributed by atoms with Crippen molar-refractivity contribution in [3.63, 3.8) is 0 Å². The molecule has 0 radical (unpaired) electrons. The summed E-state index contributed by atoms with van der Waals surface area (Å²) in [4.78, 5) is 3.74. The number of halogens is 1. The normalized spacial score (nSPS) is 14.9. The Morgan fingerprint density at radius 2 is 2.07 bits per heavy atom. The minimum absolute atomic E-state index is 0.0385. The summed E-state index contributed by atoms with van der Waals surface area (Å²) < 4.78 is 0. The fourth-order valence-corrected chi connectivity index (χ4v) is 1.33. The highest BCUT2D eigenvalue weighted by molar-refractivity contribution is 6.29. The number of aliphatic hydroxyl groups is 2. The fourth-order valence-electron chi connectivity index (χ4n) is 1.17. The molecule has 0 aliphatic heterocycles. The summed E-state index contributed by atoms with van der Waals surface area (Å²) in [5.41, 5.74) is 5.19. The van der Waals surface area contributed by atoms with Gasteiger partial charge in [0.2, 0.25) is 0 Å². The number of nitrogens with two attached hydrogens (primary N) is 1. The van der Waals surface area contributed by atoms with Gasteiger partial charge in [0, 0.05) is 0 Å². The van der Waals surface area contributed by atoms with Crippen LogP contribution in [0, 0.1) is 0 Å². The molecule has 84 valence electrons. The summed E-state index contributed by atoms with van der Waals surface area (Å²) in [6.07, 6.45) is -2.13. The van der Waals surface area contributed by atoms with Crippen molar-refractivity contribution in [1.29, 1.82) is 0 Å². The number of nitrogens with zero attached hydrogens (tertiary/aromatic N) is 1. The van der Waals surface area contributed by atoms with Crippen LogP contribution in [0.1, 0.15) is 18.2 Å². The lowest BCUT2D eigenvalue weighted by molar-refractivity contribution is 0.0111. The Balaban J connectivity index is 2.89.